The number of hydrogen-bond acceptors (Lipinski definition) is 3. The van der Waals surface area contributed by atoms with Gasteiger partial charge in [0, 0.05) is 12.4 Å². The molecule has 74 valence electrons. The molecule has 0 bridgehead atoms. The predicted octanol–water partition coefficient (Wildman–Crippen LogP) is 2.25. The first-order valence-electron chi connectivity index (χ1n) is 4.55. The summed E-state index contributed by atoms with van der Waals surface area (Å²) in [6.45, 7) is 0. The molecule has 2 rings (SSSR count). The van der Waals surface area contributed by atoms with E-state index in [9.17, 15) is 0 Å². The van der Waals surface area contributed by atoms with Crippen LogP contribution in [0.2, 0.25) is 0 Å². The molecule has 0 aliphatic heterocycles. The van der Waals surface area contributed by atoms with Crippen LogP contribution in [0.5, 0.6) is 0 Å². The standard InChI is InChI=1S/C11H10N4/c1-2-7-13-11(5-1)15-9-14-10-4-3-6-12-8-10/h1-9H,(H,13,14,15). The van der Waals surface area contributed by atoms with Gasteiger partial charge in [-0.05, 0) is 24.3 Å². The molecule has 2 aromatic rings. The minimum absolute atomic E-state index is 0.675. The van der Waals surface area contributed by atoms with E-state index in [1.807, 2.05) is 30.3 Å². The van der Waals surface area contributed by atoms with E-state index in [1.165, 1.54) is 0 Å². The number of nitrogens with one attached hydrogen (secondary N) is 1. The van der Waals surface area contributed by atoms with Gasteiger partial charge in [-0.1, -0.05) is 6.07 Å². The van der Waals surface area contributed by atoms with Crippen LogP contribution in [0.3, 0.4) is 0 Å². The lowest BCUT2D eigenvalue weighted by Gasteiger charge is -1.97. The number of hydrogen-bond donors (Lipinski definition) is 1. The van der Waals surface area contributed by atoms with Crippen LogP contribution in [-0.4, -0.2) is 16.3 Å². The monoisotopic (exact) mass is 198 g/mol. The zero-order valence-corrected chi connectivity index (χ0v) is 8.04. The van der Waals surface area contributed by atoms with Crippen molar-refractivity contribution in [1.29, 1.82) is 0 Å². The molecule has 0 fully saturated rings. The molecular weight excluding hydrogens is 188 g/mol. The van der Waals surface area contributed by atoms with Gasteiger partial charge in [0.25, 0.3) is 0 Å². The maximum absolute atomic E-state index is 4.13. The molecule has 0 radical (unpaired) electrons. The van der Waals surface area contributed by atoms with Gasteiger partial charge in [0.2, 0.25) is 0 Å². The highest BCUT2D eigenvalue weighted by Gasteiger charge is 1.86. The number of nitrogens with zero attached hydrogens (tertiary/aromatic N) is 3. The lowest BCUT2D eigenvalue weighted by Crippen LogP contribution is -1.94. The summed E-state index contributed by atoms with van der Waals surface area (Å²) in [6, 6.07) is 9.35. The Morgan fingerprint density at radius 3 is 2.87 bits per heavy atom. The van der Waals surface area contributed by atoms with Gasteiger partial charge in [-0.15, -0.1) is 0 Å². The smallest absolute Gasteiger partial charge is 0.153 e. The van der Waals surface area contributed by atoms with E-state index in [0.29, 0.717) is 5.82 Å². The fourth-order valence-electron chi connectivity index (χ4n) is 1.05. The van der Waals surface area contributed by atoms with Gasteiger partial charge in [0.05, 0.1) is 18.2 Å². The summed E-state index contributed by atoms with van der Waals surface area (Å²) in [6.07, 6.45) is 6.75. The minimum atomic E-state index is 0.675. The highest BCUT2D eigenvalue weighted by atomic mass is 15.0. The third-order valence-electron chi connectivity index (χ3n) is 1.74. The molecule has 2 aromatic heterocycles. The number of anilines is 1. The summed E-state index contributed by atoms with van der Waals surface area (Å²) < 4.78 is 0. The molecule has 2 heterocycles. The van der Waals surface area contributed by atoms with Crippen LogP contribution in [-0.2, 0) is 0 Å². The van der Waals surface area contributed by atoms with Gasteiger partial charge in [-0.2, -0.15) is 0 Å². The SMILES string of the molecule is C(=N\c1ccccn1)/Nc1cccnc1. The Morgan fingerprint density at radius 1 is 1.13 bits per heavy atom. The van der Waals surface area contributed by atoms with Crippen molar-refractivity contribution in [3.63, 3.8) is 0 Å². The van der Waals surface area contributed by atoms with E-state index in [-0.39, 0.29) is 0 Å². The molecule has 0 aliphatic rings. The fourth-order valence-corrected chi connectivity index (χ4v) is 1.05. The molecule has 4 nitrogen and oxygen atoms in total. The van der Waals surface area contributed by atoms with Gasteiger partial charge in [-0.3, -0.25) is 4.98 Å². The molecule has 0 atom stereocenters. The topological polar surface area (TPSA) is 50.2 Å². The Kier molecular flexibility index (Phi) is 3.02. The number of pyridine rings is 2. The molecule has 4 heteroatoms. The summed E-state index contributed by atoms with van der Waals surface area (Å²) in [4.78, 5) is 12.2. The van der Waals surface area contributed by atoms with Crippen molar-refractivity contribution in [3.05, 3.63) is 48.9 Å². The van der Waals surface area contributed by atoms with Crippen LogP contribution in [0, 0.1) is 0 Å². The first kappa shape index (κ1) is 9.33. The van der Waals surface area contributed by atoms with Crippen LogP contribution in [0.25, 0.3) is 0 Å². The molecule has 15 heavy (non-hydrogen) atoms. The molecular formula is C11H10N4. The van der Waals surface area contributed by atoms with E-state index in [4.69, 9.17) is 0 Å². The Labute approximate surface area is 87.7 Å². The van der Waals surface area contributed by atoms with Gasteiger partial charge in [0.15, 0.2) is 5.82 Å². The van der Waals surface area contributed by atoms with E-state index in [1.54, 1.807) is 24.9 Å². The highest BCUT2D eigenvalue weighted by Crippen LogP contribution is 2.04. The average Bonchev–Trinajstić information content (AvgIpc) is 2.32. The second-order valence-corrected chi connectivity index (χ2v) is 2.83. The van der Waals surface area contributed by atoms with Gasteiger partial charge < -0.3 is 5.32 Å². The van der Waals surface area contributed by atoms with E-state index >= 15 is 0 Å². The Balaban J connectivity index is 1.97. The molecule has 0 aromatic carbocycles. The summed E-state index contributed by atoms with van der Waals surface area (Å²) in [5, 5.41) is 3.00. The summed E-state index contributed by atoms with van der Waals surface area (Å²) in [7, 11) is 0. The van der Waals surface area contributed by atoms with Crippen LogP contribution < -0.4 is 5.32 Å². The van der Waals surface area contributed by atoms with Crippen molar-refractivity contribution in [3.8, 4) is 0 Å². The average molecular weight is 198 g/mol. The highest BCUT2D eigenvalue weighted by molar-refractivity contribution is 5.76. The Hall–Kier alpha value is -2.23. The zero-order chi connectivity index (χ0) is 10.3. The predicted molar refractivity (Wildman–Crippen MR) is 60.2 cm³/mol. The molecule has 0 saturated carbocycles. The van der Waals surface area contributed by atoms with Crippen LogP contribution in [0.1, 0.15) is 0 Å². The van der Waals surface area contributed by atoms with Crippen LogP contribution >= 0.6 is 0 Å². The Morgan fingerprint density at radius 2 is 2.13 bits per heavy atom. The van der Waals surface area contributed by atoms with Crippen molar-refractivity contribution >= 4 is 17.8 Å². The lowest BCUT2D eigenvalue weighted by molar-refractivity contribution is 1.28. The molecule has 1 N–H and O–H groups in total. The lowest BCUT2D eigenvalue weighted by atomic mass is 10.4. The second kappa shape index (κ2) is 4.85. The van der Waals surface area contributed by atoms with Gasteiger partial charge in [0.1, 0.15) is 0 Å². The maximum atomic E-state index is 4.13. The minimum Gasteiger partial charge on any atom is -0.345 e. The second-order valence-electron chi connectivity index (χ2n) is 2.83. The normalized spacial score (nSPS) is 10.4. The number of rotatable bonds is 3. The maximum Gasteiger partial charge on any atom is 0.153 e. The third kappa shape index (κ3) is 2.87. The fraction of sp³-hybridized carbons (Fsp3) is 0. The largest absolute Gasteiger partial charge is 0.345 e. The number of aliphatic imine (C=N–C) groups is 1. The summed E-state index contributed by atoms with van der Waals surface area (Å²) in [5.74, 6) is 0.675. The first-order valence-corrected chi connectivity index (χ1v) is 4.55. The molecule has 0 saturated heterocycles. The number of aromatic nitrogens is 2. The van der Waals surface area contributed by atoms with E-state index in [2.05, 4.69) is 20.3 Å². The van der Waals surface area contributed by atoms with Crippen LogP contribution in [0.4, 0.5) is 11.5 Å². The quantitative estimate of drug-likeness (QED) is 0.607. The van der Waals surface area contributed by atoms with Crippen molar-refractivity contribution in [2.45, 2.75) is 0 Å². The molecule has 0 amide bonds. The Bertz CT molecular complexity index is 425. The molecule has 0 aliphatic carbocycles. The first-order chi connectivity index (χ1) is 7.45. The summed E-state index contributed by atoms with van der Waals surface area (Å²) in [5.41, 5.74) is 0.900. The van der Waals surface area contributed by atoms with Gasteiger partial charge >= 0.3 is 0 Å². The summed E-state index contributed by atoms with van der Waals surface area (Å²) >= 11 is 0. The van der Waals surface area contributed by atoms with E-state index < -0.39 is 0 Å². The van der Waals surface area contributed by atoms with E-state index in [0.717, 1.165) is 5.69 Å². The van der Waals surface area contributed by atoms with Crippen molar-refractivity contribution in [1.82, 2.24) is 9.97 Å². The molecule has 0 unspecified atom stereocenters. The van der Waals surface area contributed by atoms with Gasteiger partial charge in [-0.25, -0.2) is 9.98 Å². The van der Waals surface area contributed by atoms with Crippen molar-refractivity contribution in [2.24, 2.45) is 4.99 Å². The zero-order valence-electron chi connectivity index (χ0n) is 8.04. The van der Waals surface area contributed by atoms with Crippen LogP contribution in [0.15, 0.2) is 53.9 Å². The van der Waals surface area contributed by atoms with Crippen molar-refractivity contribution in [2.75, 3.05) is 5.32 Å². The molecule has 0 spiro atoms. The van der Waals surface area contributed by atoms with Crippen molar-refractivity contribution < 1.29 is 0 Å². The third-order valence-corrected chi connectivity index (χ3v) is 1.74.